The van der Waals surface area contributed by atoms with Crippen LogP contribution in [0.3, 0.4) is 0 Å². The number of halogens is 1. The van der Waals surface area contributed by atoms with E-state index in [0.29, 0.717) is 33.5 Å². The zero-order chi connectivity index (χ0) is 22.0. The Labute approximate surface area is 182 Å². The lowest BCUT2D eigenvalue weighted by Crippen LogP contribution is -2.39. The van der Waals surface area contributed by atoms with Gasteiger partial charge in [0.2, 0.25) is 0 Å². The fraction of sp³-hybridized carbons (Fsp3) is 0.273. The van der Waals surface area contributed by atoms with Gasteiger partial charge in [0.1, 0.15) is 34.7 Å². The third kappa shape index (κ3) is 4.46. The first-order valence-corrected chi connectivity index (χ1v) is 10.5. The number of ether oxygens (including phenoxy) is 3. The highest BCUT2D eigenvalue weighted by atomic mass is 32.2. The predicted octanol–water partition coefficient (Wildman–Crippen LogP) is 3.91. The molecule has 1 aliphatic heterocycles. The van der Waals surface area contributed by atoms with Crippen molar-refractivity contribution in [2.45, 2.75) is 12.0 Å². The molecule has 4 rings (SSSR count). The summed E-state index contributed by atoms with van der Waals surface area (Å²) in [6.45, 7) is 0.133. The van der Waals surface area contributed by atoms with Gasteiger partial charge in [-0.15, -0.1) is 11.8 Å². The Morgan fingerprint density at radius 1 is 1.16 bits per heavy atom. The van der Waals surface area contributed by atoms with E-state index in [2.05, 4.69) is 9.98 Å². The van der Waals surface area contributed by atoms with Crippen LogP contribution in [0.1, 0.15) is 5.69 Å². The van der Waals surface area contributed by atoms with Gasteiger partial charge in [-0.2, -0.15) is 0 Å². The first-order valence-electron chi connectivity index (χ1n) is 9.49. The van der Waals surface area contributed by atoms with Gasteiger partial charge in [0.15, 0.2) is 5.54 Å². The molecular weight excluding hydrogens is 423 g/mol. The van der Waals surface area contributed by atoms with Crippen LogP contribution in [0, 0.1) is 5.82 Å². The van der Waals surface area contributed by atoms with Crippen LogP contribution in [0.15, 0.2) is 47.5 Å². The number of methoxy groups -OCH3 is 2. The van der Waals surface area contributed by atoms with Gasteiger partial charge in [0.05, 0.1) is 14.2 Å². The van der Waals surface area contributed by atoms with Crippen LogP contribution in [0.5, 0.6) is 17.2 Å². The molecule has 2 heterocycles. The van der Waals surface area contributed by atoms with Crippen molar-refractivity contribution in [3.63, 3.8) is 0 Å². The van der Waals surface area contributed by atoms with Crippen LogP contribution in [-0.2, 0) is 11.2 Å². The Bertz CT molecular complexity index is 1140. The van der Waals surface area contributed by atoms with Crippen molar-refractivity contribution in [3.05, 3.63) is 54.0 Å². The second-order valence-corrected chi connectivity index (χ2v) is 8.22. The summed E-state index contributed by atoms with van der Waals surface area (Å²) in [5, 5.41) is 11.3. The number of aliphatic carboxylic acids is 1. The summed E-state index contributed by atoms with van der Waals surface area (Å²) in [6, 6.07) is 11.4. The van der Waals surface area contributed by atoms with Crippen molar-refractivity contribution < 1.29 is 28.5 Å². The Morgan fingerprint density at radius 2 is 1.87 bits per heavy atom. The maximum Gasteiger partial charge on any atom is 0.332 e. The van der Waals surface area contributed by atoms with E-state index in [1.165, 1.54) is 23.9 Å². The number of carbonyl (C=O) groups is 1. The molecule has 0 saturated carbocycles. The molecule has 0 fully saturated rings. The quantitative estimate of drug-likeness (QED) is 0.547. The number of H-pyrrole nitrogens is 1. The van der Waals surface area contributed by atoms with Gasteiger partial charge in [-0.3, -0.25) is 4.99 Å². The number of aliphatic imine (C=N–C) groups is 1. The fourth-order valence-electron chi connectivity index (χ4n) is 3.44. The second kappa shape index (κ2) is 8.50. The second-order valence-electron chi connectivity index (χ2n) is 7.17. The third-order valence-electron chi connectivity index (χ3n) is 5.02. The van der Waals surface area contributed by atoms with Crippen LogP contribution in [0.4, 0.5) is 4.39 Å². The molecule has 2 aromatic carbocycles. The number of carboxylic acid groups (broad SMARTS) is 1. The summed E-state index contributed by atoms with van der Waals surface area (Å²) >= 11 is 1.35. The predicted molar refractivity (Wildman–Crippen MR) is 117 cm³/mol. The highest BCUT2D eigenvalue weighted by Gasteiger charge is 2.43. The van der Waals surface area contributed by atoms with Crippen LogP contribution in [0.25, 0.3) is 10.9 Å². The number of thioether (sulfide) groups is 1. The number of aromatic amines is 1. The topological polar surface area (TPSA) is 93.1 Å². The van der Waals surface area contributed by atoms with Gasteiger partial charge in [-0.05, 0) is 29.7 Å². The van der Waals surface area contributed by atoms with Gasteiger partial charge in [-0.25, -0.2) is 9.18 Å². The minimum absolute atomic E-state index is 0.133. The van der Waals surface area contributed by atoms with Crippen molar-refractivity contribution in [2.24, 2.45) is 4.99 Å². The smallest absolute Gasteiger partial charge is 0.332 e. The Kier molecular flexibility index (Phi) is 5.77. The Morgan fingerprint density at radius 3 is 2.55 bits per heavy atom. The number of carboxylic acids is 1. The lowest BCUT2D eigenvalue weighted by atomic mass is 9.96. The molecular formula is C22H21FN2O5S. The number of rotatable bonds is 8. The Hall–Kier alpha value is -3.20. The molecule has 7 nitrogen and oxygen atoms in total. The van der Waals surface area contributed by atoms with Crippen molar-refractivity contribution in [1.29, 1.82) is 0 Å². The summed E-state index contributed by atoms with van der Waals surface area (Å²) in [5.74, 6) is 0.632. The molecule has 2 N–H and O–H groups in total. The molecule has 0 aliphatic carbocycles. The molecule has 0 amide bonds. The maximum absolute atomic E-state index is 13.5. The molecule has 1 aromatic heterocycles. The average molecular weight is 444 g/mol. The van der Waals surface area contributed by atoms with E-state index in [9.17, 15) is 14.3 Å². The standard InChI is InChI=1S/C22H21FN2O5S/c1-28-16-7-17(29-2)9-18(8-16)30-11-20-25-22(12-31-20,21(26)27)10-15-5-13-3-4-14(23)6-19(13)24-15/h3-9,24H,10-12H2,1-2H3,(H,26,27). The van der Waals surface area contributed by atoms with E-state index >= 15 is 0 Å². The fourth-order valence-corrected chi connectivity index (χ4v) is 4.51. The van der Waals surface area contributed by atoms with Crippen LogP contribution < -0.4 is 14.2 Å². The van der Waals surface area contributed by atoms with Crippen molar-refractivity contribution in [1.82, 2.24) is 4.98 Å². The molecule has 1 atom stereocenters. The molecule has 162 valence electrons. The van der Waals surface area contributed by atoms with Gasteiger partial charge in [0, 0.05) is 41.6 Å². The minimum atomic E-state index is -1.31. The van der Waals surface area contributed by atoms with Crippen molar-refractivity contribution in [2.75, 3.05) is 26.6 Å². The van der Waals surface area contributed by atoms with Crippen LogP contribution in [-0.4, -0.2) is 53.2 Å². The summed E-state index contributed by atoms with van der Waals surface area (Å²) in [6.07, 6.45) is 0.169. The molecule has 0 bridgehead atoms. The van der Waals surface area contributed by atoms with E-state index in [0.717, 1.165) is 5.39 Å². The van der Waals surface area contributed by atoms with Gasteiger partial charge in [-0.1, -0.05) is 0 Å². The Balaban J connectivity index is 1.52. The van der Waals surface area contributed by atoms with Gasteiger partial charge in [0.25, 0.3) is 0 Å². The minimum Gasteiger partial charge on any atom is -0.496 e. The van der Waals surface area contributed by atoms with Crippen LogP contribution >= 0.6 is 11.8 Å². The summed E-state index contributed by atoms with van der Waals surface area (Å²) in [7, 11) is 3.10. The molecule has 0 saturated heterocycles. The van der Waals surface area contributed by atoms with Crippen molar-refractivity contribution >= 4 is 33.7 Å². The first kappa shape index (κ1) is 21.0. The average Bonchev–Trinajstić information content (AvgIpc) is 3.36. The molecule has 31 heavy (non-hydrogen) atoms. The SMILES string of the molecule is COc1cc(OC)cc(OCC2=NC(Cc3cc4ccc(F)cc4[nH]3)(C(=O)O)CS2)c1. The summed E-state index contributed by atoms with van der Waals surface area (Å²) < 4.78 is 29.7. The zero-order valence-electron chi connectivity index (χ0n) is 17.0. The van der Waals surface area contributed by atoms with Crippen LogP contribution in [0.2, 0.25) is 0 Å². The van der Waals surface area contributed by atoms with Gasteiger partial charge >= 0.3 is 5.97 Å². The highest BCUT2D eigenvalue weighted by Crippen LogP contribution is 2.33. The van der Waals surface area contributed by atoms with Crippen molar-refractivity contribution in [3.8, 4) is 17.2 Å². The molecule has 9 heteroatoms. The van der Waals surface area contributed by atoms with Gasteiger partial charge < -0.3 is 24.3 Å². The van der Waals surface area contributed by atoms with E-state index in [-0.39, 0.29) is 24.6 Å². The number of nitrogens with zero attached hydrogens (tertiary/aromatic N) is 1. The summed E-state index contributed by atoms with van der Waals surface area (Å²) in [4.78, 5) is 19.7. The van der Waals surface area contributed by atoms with E-state index in [1.54, 1.807) is 38.5 Å². The first-order chi connectivity index (χ1) is 14.9. The van der Waals surface area contributed by atoms with E-state index < -0.39 is 11.5 Å². The lowest BCUT2D eigenvalue weighted by molar-refractivity contribution is -0.142. The number of hydrogen-bond donors (Lipinski definition) is 2. The number of benzene rings is 2. The highest BCUT2D eigenvalue weighted by molar-refractivity contribution is 8.14. The number of fused-ring (bicyclic) bond motifs is 1. The number of aromatic nitrogens is 1. The largest absolute Gasteiger partial charge is 0.496 e. The number of nitrogens with one attached hydrogen (secondary N) is 1. The summed E-state index contributed by atoms with van der Waals surface area (Å²) in [5.41, 5.74) is 0.00206. The van der Waals surface area contributed by atoms with E-state index in [4.69, 9.17) is 14.2 Å². The third-order valence-corrected chi connectivity index (χ3v) is 6.19. The molecule has 1 aliphatic rings. The monoisotopic (exact) mass is 444 g/mol. The molecule has 3 aromatic rings. The zero-order valence-corrected chi connectivity index (χ0v) is 17.8. The molecule has 0 spiro atoms. The van der Waals surface area contributed by atoms with E-state index in [1.807, 2.05) is 6.07 Å². The number of hydrogen-bond acceptors (Lipinski definition) is 6. The normalized spacial score (nSPS) is 18.1. The molecule has 0 radical (unpaired) electrons. The molecule has 1 unspecified atom stereocenters. The maximum atomic E-state index is 13.5. The lowest BCUT2D eigenvalue weighted by Gasteiger charge is -2.19.